The van der Waals surface area contributed by atoms with Gasteiger partial charge in [0.2, 0.25) is 0 Å². The second-order valence-corrected chi connectivity index (χ2v) is 4.69. The maximum absolute atomic E-state index is 12.3. The molecule has 100 valence electrons. The van der Waals surface area contributed by atoms with Gasteiger partial charge in [0, 0.05) is 18.7 Å². The average molecular weight is 250 g/mol. The van der Waals surface area contributed by atoms with Crippen molar-refractivity contribution in [3.05, 3.63) is 23.8 Å². The number of nitrogens with zero attached hydrogens (tertiary/aromatic N) is 1. The molecule has 0 fully saturated rings. The number of rotatable bonds is 5. The number of benzene rings is 1. The quantitative estimate of drug-likeness (QED) is 0.816. The molecular formula is C14H22N2O2. The van der Waals surface area contributed by atoms with E-state index in [-0.39, 0.29) is 5.91 Å². The first-order valence-corrected chi connectivity index (χ1v) is 6.22. The fraction of sp³-hybridized carbons (Fsp3) is 0.500. The number of hydrogen-bond donors (Lipinski definition) is 1. The number of anilines is 1. The highest BCUT2D eigenvalue weighted by Crippen LogP contribution is 2.23. The lowest BCUT2D eigenvalue weighted by Gasteiger charge is -2.23. The number of nitrogen functional groups attached to an aromatic ring is 1. The van der Waals surface area contributed by atoms with E-state index in [4.69, 9.17) is 10.5 Å². The minimum absolute atomic E-state index is 0.0181. The highest BCUT2D eigenvalue weighted by molar-refractivity contribution is 5.95. The topological polar surface area (TPSA) is 55.6 Å². The molecule has 0 spiro atoms. The molecule has 4 heteroatoms. The van der Waals surface area contributed by atoms with E-state index >= 15 is 0 Å². The van der Waals surface area contributed by atoms with Crippen LogP contribution in [-0.2, 0) is 0 Å². The van der Waals surface area contributed by atoms with Gasteiger partial charge in [-0.15, -0.1) is 0 Å². The second-order valence-electron chi connectivity index (χ2n) is 4.69. The molecule has 0 heterocycles. The predicted molar refractivity (Wildman–Crippen MR) is 73.8 cm³/mol. The summed E-state index contributed by atoms with van der Waals surface area (Å²) in [4.78, 5) is 14.1. The molecule has 0 unspecified atom stereocenters. The highest BCUT2D eigenvalue weighted by atomic mass is 16.5. The summed E-state index contributed by atoms with van der Waals surface area (Å²) in [6, 6.07) is 5.14. The van der Waals surface area contributed by atoms with Crippen LogP contribution in [0.5, 0.6) is 5.75 Å². The summed E-state index contributed by atoms with van der Waals surface area (Å²) in [6.45, 7) is 7.62. The molecule has 0 radical (unpaired) electrons. The van der Waals surface area contributed by atoms with Gasteiger partial charge < -0.3 is 15.4 Å². The van der Waals surface area contributed by atoms with Gasteiger partial charge >= 0.3 is 0 Å². The Hall–Kier alpha value is -1.71. The van der Waals surface area contributed by atoms with Crippen molar-refractivity contribution < 1.29 is 9.53 Å². The SMILES string of the molecule is CCN(CC(C)C)C(=O)c1ccc(N)c(OC)c1. The molecule has 0 bridgehead atoms. The number of nitrogens with two attached hydrogens (primary N) is 1. The van der Waals surface area contributed by atoms with Crippen LogP contribution < -0.4 is 10.5 Å². The lowest BCUT2D eigenvalue weighted by Crippen LogP contribution is -2.34. The Morgan fingerprint density at radius 1 is 1.44 bits per heavy atom. The van der Waals surface area contributed by atoms with Crippen molar-refractivity contribution in [1.82, 2.24) is 4.90 Å². The standard InChI is InChI=1S/C14H22N2O2/c1-5-16(9-10(2)3)14(17)11-6-7-12(15)13(8-11)18-4/h6-8,10H,5,9,15H2,1-4H3. The van der Waals surface area contributed by atoms with Crippen LogP contribution in [0.2, 0.25) is 0 Å². The molecule has 0 aromatic heterocycles. The summed E-state index contributed by atoms with van der Waals surface area (Å²) >= 11 is 0. The minimum Gasteiger partial charge on any atom is -0.495 e. The first-order valence-electron chi connectivity index (χ1n) is 6.22. The van der Waals surface area contributed by atoms with Gasteiger partial charge in [0.25, 0.3) is 5.91 Å². The zero-order valence-electron chi connectivity index (χ0n) is 11.6. The third-order valence-corrected chi connectivity index (χ3v) is 2.73. The van der Waals surface area contributed by atoms with E-state index in [1.807, 2.05) is 11.8 Å². The molecule has 1 aromatic carbocycles. The Bertz CT molecular complexity index is 416. The van der Waals surface area contributed by atoms with Crippen LogP contribution >= 0.6 is 0 Å². The molecule has 0 aliphatic heterocycles. The monoisotopic (exact) mass is 250 g/mol. The zero-order valence-corrected chi connectivity index (χ0v) is 11.6. The average Bonchev–Trinajstić information content (AvgIpc) is 2.35. The van der Waals surface area contributed by atoms with E-state index in [1.54, 1.807) is 25.3 Å². The third-order valence-electron chi connectivity index (χ3n) is 2.73. The summed E-state index contributed by atoms with van der Waals surface area (Å²) in [7, 11) is 1.55. The zero-order chi connectivity index (χ0) is 13.7. The van der Waals surface area contributed by atoms with Crippen molar-refractivity contribution in [2.24, 2.45) is 5.92 Å². The number of carbonyl (C=O) groups excluding carboxylic acids is 1. The predicted octanol–water partition coefficient (Wildman–Crippen LogP) is 2.40. The van der Waals surface area contributed by atoms with Crippen LogP contribution in [0, 0.1) is 5.92 Å². The number of amides is 1. The fourth-order valence-corrected chi connectivity index (χ4v) is 1.82. The van der Waals surface area contributed by atoms with Crippen molar-refractivity contribution in [1.29, 1.82) is 0 Å². The molecule has 18 heavy (non-hydrogen) atoms. The fourth-order valence-electron chi connectivity index (χ4n) is 1.82. The molecule has 4 nitrogen and oxygen atoms in total. The Balaban J connectivity index is 2.94. The highest BCUT2D eigenvalue weighted by Gasteiger charge is 2.16. The van der Waals surface area contributed by atoms with E-state index in [9.17, 15) is 4.79 Å². The Morgan fingerprint density at radius 3 is 2.61 bits per heavy atom. The smallest absolute Gasteiger partial charge is 0.253 e. The van der Waals surface area contributed by atoms with Gasteiger partial charge in [-0.05, 0) is 31.0 Å². The normalized spacial score (nSPS) is 10.5. The number of hydrogen-bond acceptors (Lipinski definition) is 3. The van der Waals surface area contributed by atoms with E-state index in [0.717, 1.165) is 6.54 Å². The first kappa shape index (κ1) is 14.4. The lowest BCUT2D eigenvalue weighted by atomic mass is 10.1. The molecule has 0 aliphatic carbocycles. The summed E-state index contributed by atoms with van der Waals surface area (Å²) in [5, 5.41) is 0. The third kappa shape index (κ3) is 3.39. The lowest BCUT2D eigenvalue weighted by molar-refractivity contribution is 0.0745. The van der Waals surface area contributed by atoms with Gasteiger partial charge in [-0.3, -0.25) is 4.79 Å². The van der Waals surface area contributed by atoms with Crippen molar-refractivity contribution in [2.75, 3.05) is 25.9 Å². The van der Waals surface area contributed by atoms with Crippen molar-refractivity contribution >= 4 is 11.6 Å². The van der Waals surface area contributed by atoms with Gasteiger partial charge in [0.15, 0.2) is 0 Å². The summed E-state index contributed by atoms with van der Waals surface area (Å²) in [5.74, 6) is 1.01. The van der Waals surface area contributed by atoms with Crippen molar-refractivity contribution in [3.8, 4) is 5.75 Å². The maximum atomic E-state index is 12.3. The molecule has 0 aliphatic rings. The van der Waals surface area contributed by atoms with Gasteiger partial charge in [-0.1, -0.05) is 13.8 Å². The van der Waals surface area contributed by atoms with Gasteiger partial charge in [-0.25, -0.2) is 0 Å². The molecule has 1 rings (SSSR count). The Labute approximate surface area is 109 Å². The van der Waals surface area contributed by atoms with Crippen LogP contribution in [0.1, 0.15) is 31.1 Å². The minimum atomic E-state index is 0.0181. The molecule has 0 saturated heterocycles. The van der Waals surface area contributed by atoms with Crippen LogP contribution in [0.4, 0.5) is 5.69 Å². The molecular weight excluding hydrogens is 228 g/mol. The Kier molecular flexibility index (Phi) is 5.01. The molecule has 0 atom stereocenters. The van der Waals surface area contributed by atoms with Crippen molar-refractivity contribution in [3.63, 3.8) is 0 Å². The molecule has 1 amide bonds. The van der Waals surface area contributed by atoms with E-state index in [1.165, 1.54) is 0 Å². The first-order chi connectivity index (χ1) is 8.49. The number of carbonyl (C=O) groups is 1. The van der Waals surface area contributed by atoms with E-state index in [2.05, 4.69) is 13.8 Å². The molecule has 2 N–H and O–H groups in total. The largest absolute Gasteiger partial charge is 0.495 e. The van der Waals surface area contributed by atoms with E-state index < -0.39 is 0 Å². The van der Waals surface area contributed by atoms with Crippen LogP contribution in [-0.4, -0.2) is 31.0 Å². The second kappa shape index (κ2) is 6.28. The summed E-state index contributed by atoms with van der Waals surface area (Å²) in [5.41, 5.74) is 6.90. The summed E-state index contributed by atoms with van der Waals surface area (Å²) < 4.78 is 5.13. The number of methoxy groups -OCH3 is 1. The van der Waals surface area contributed by atoms with Gasteiger partial charge in [-0.2, -0.15) is 0 Å². The number of ether oxygens (including phenoxy) is 1. The van der Waals surface area contributed by atoms with Gasteiger partial charge in [0.05, 0.1) is 12.8 Å². The molecule has 0 saturated carbocycles. The Morgan fingerprint density at radius 2 is 2.11 bits per heavy atom. The van der Waals surface area contributed by atoms with Crippen LogP contribution in [0.15, 0.2) is 18.2 Å². The van der Waals surface area contributed by atoms with Crippen LogP contribution in [0.25, 0.3) is 0 Å². The van der Waals surface area contributed by atoms with E-state index in [0.29, 0.717) is 29.5 Å². The summed E-state index contributed by atoms with van der Waals surface area (Å²) in [6.07, 6.45) is 0. The van der Waals surface area contributed by atoms with Gasteiger partial charge in [0.1, 0.15) is 5.75 Å². The molecule has 1 aromatic rings. The van der Waals surface area contributed by atoms with Crippen molar-refractivity contribution in [2.45, 2.75) is 20.8 Å². The van der Waals surface area contributed by atoms with Crippen LogP contribution in [0.3, 0.4) is 0 Å². The maximum Gasteiger partial charge on any atom is 0.253 e.